The smallest absolute Gasteiger partial charge is 0.248 e. The van der Waals surface area contributed by atoms with Crippen LogP contribution in [0.1, 0.15) is 52.9 Å². The van der Waals surface area contributed by atoms with E-state index < -0.39 is 5.54 Å². The molecule has 0 spiro atoms. The van der Waals surface area contributed by atoms with Gasteiger partial charge in [-0.05, 0) is 39.0 Å². The van der Waals surface area contributed by atoms with Gasteiger partial charge in [-0.25, -0.2) is 0 Å². The van der Waals surface area contributed by atoms with Crippen LogP contribution in [0.5, 0.6) is 0 Å². The Labute approximate surface area is 109 Å². The summed E-state index contributed by atoms with van der Waals surface area (Å²) in [5.74, 6) is 0.462. The molecule has 1 saturated heterocycles. The summed E-state index contributed by atoms with van der Waals surface area (Å²) in [6.07, 6.45) is 5.33. The third-order valence-corrected chi connectivity index (χ3v) is 4.33. The number of carbonyl (C=O) groups excluding carboxylic acids is 2. The zero-order valence-electron chi connectivity index (χ0n) is 11.7. The number of piperazine rings is 1. The van der Waals surface area contributed by atoms with Crippen molar-refractivity contribution in [1.29, 1.82) is 0 Å². The molecule has 18 heavy (non-hydrogen) atoms. The van der Waals surface area contributed by atoms with E-state index in [9.17, 15) is 9.59 Å². The van der Waals surface area contributed by atoms with Crippen LogP contribution in [0, 0.1) is 5.92 Å². The van der Waals surface area contributed by atoms with Crippen LogP contribution in [0.2, 0.25) is 0 Å². The molecule has 1 saturated carbocycles. The molecule has 0 bridgehead atoms. The Balaban J connectivity index is 2.10. The van der Waals surface area contributed by atoms with E-state index in [1.54, 1.807) is 4.90 Å². The monoisotopic (exact) mass is 252 g/mol. The van der Waals surface area contributed by atoms with Gasteiger partial charge in [0.25, 0.3) is 0 Å². The normalized spacial score (nSPS) is 32.6. The quantitative estimate of drug-likeness (QED) is 0.757. The average molecular weight is 252 g/mol. The molecule has 2 atom stereocenters. The molecule has 0 radical (unpaired) electrons. The molecular formula is C14H24N2O2. The van der Waals surface area contributed by atoms with Crippen LogP contribution in [0.4, 0.5) is 0 Å². The van der Waals surface area contributed by atoms with Crippen LogP contribution in [0.25, 0.3) is 0 Å². The van der Waals surface area contributed by atoms with E-state index in [-0.39, 0.29) is 17.9 Å². The van der Waals surface area contributed by atoms with E-state index in [2.05, 4.69) is 12.2 Å². The molecule has 2 aliphatic rings. The van der Waals surface area contributed by atoms with Gasteiger partial charge in [-0.15, -0.1) is 0 Å². The van der Waals surface area contributed by atoms with Gasteiger partial charge in [-0.1, -0.05) is 19.8 Å². The Morgan fingerprint density at radius 1 is 1.33 bits per heavy atom. The van der Waals surface area contributed by atoms with E-state index in [4.69, 9.17) is 0 Å². The lowest BCUT2D eigenvalue weighted by molar-refractivity contribution is -0.154. The van der Waals surface area contributed by atoms with Gasteiger partial charge in [0.15, 0.2) is 0 Å². The summed E-state index contributed by atoms with van der Waals surface area (Å²) in [5.41, 5.74) is -0.643. The fourth-order valence-electron chi connectivity index (χ4n) is 2.79. The Morgan fingerprint density at radius 2 is 2.00 bits per heavy atom. The van der Waals surface area contributed by atoms with Crippen molar-refractivity contribution in [2.75, 3.05) is 6.54 Å². The minimum absolute atomic E-state index is 0.000462. The molecule has 2 unspecified atom stereocenters. The topological polar surface area (TPSA) is 49.4 Å². The van der Waals surface area contributed by atoms with E-state index in [1.807, 2.05) is 13.8 Å². The molecule has 4 nitrogen and oxygen atoms in total. The number of unbranched alkanes of at least 4 members (excludes halogenated alkanes) is 2. The molecule has 1 aliphatic heterocycles. The first-order valence-electron chi connectivity index (χ1n) is 7.13. The van der Waals surface area contributed by atoms with Crippen molar-refractivity contribution in [3.8, 4) is 0 Å². The molecule has 0 aromatic rings. The first-order chi connectivity index (χ1) is 8.50. The number of rotatable bonds is 5. The molecule has 102 valence electrons. The first kappa shape index (κ1) is 13.4. The van der Waals surface area contributed by atoms with Gasteiger partial charge in [0.1, 0.15) is 11.6 Å². The zero-order valence-corrected chi connectivity index (χ0v) is 11.7. The van der Waals surface area contributed by atoms with Crippen molar-refractivity contribution in [2.45, 2.75) is 64.5 Å². The van der Waals surface area contributed by atoms with Crippen LogP contribution in [0.15, 0.2) is 0 Å². The van der Waals surface area contributed by atoms with Gasteiger partial charge in [-0.2, -0.15) is 0 Å². The highest BCUT2D eigenvalue weighted by atomic mass is 16.2. The first-order valence-corrected chi connectivity index (χ1v) is 7.13. The van der Waals surface area contributed by atoms with Crippen LogP contribution in [0.3, 0.4) is 0 Å². The highest BCUT2D eigenvalue weighted by Gasteiger charge is 2.54. The number of hydrogen-bond acceptors (Lipinski definition) is 2. The largest absolute Gasteiger partial charge is 0.340 e. The summed E-state index contributed by atoms with van der Waals surface area (Å²) >= 11 is 0. The average Bonchev–Trinajstić information content (AvgIpc) is 3.15. The van der Waals surface area contributed by atoms with Gasteiger partial charge in [-0.3, -0.25) is 9.59 Å². The summed E-state index contributed by atoms with van der Waals surface area (Å²) in [7, 11) is 0. The lowest BCUT2D eigenvalue weighted by Crippen LogP contribution is -2.69. The number of nitrogens with zero attached hydrogens (tertiary/aromatic N) is 1. The lowest BCUT2D eigenvalue weighted by atomic mass is 9.89. The van der Waals surface area contributed by atoms with Gasteiger partial charge in [0.05, 0.1) is 0 Å². The van der Waals surface area contributed by atoms with Crippen molar-refractivity contribution in [3.05, 3.63) is 0 Å². The second kappa shape index (κ2) is 4.90. The molecule has 2 amide bonds. The highest BCUT2D eigenvalue weighted by molar-refractivity contribution is 5.99. The van der Waals surface area contributed by atoms with Crippen molar-refractivity contribution < 1.29 is 9.59 Å². The second-order valence-electron chi connectivity index (χ2n) is 5.85. The van der Waals surface area contributed by atoms with E-state index in [0.29, 0.717) is 12.5 Å². The SMILES string of the molecule is CCCCCN1C(=O)C(C)(C2CC2)NC(=O)C1C. The zero-order chi connectivity index (χ0) is 13.3. The molecule has 2 rings (SSSR count). The minimum atomic E-state index is -0.643. The molecular weight excluding hydrogens is 228 g/mol. The second-order valence-corrected chi connectivity index (χ2v) is 5.85. The maximum absolute atomic E-state index is 12.6. The van der Waals surface area contributed by atoms with E-state index in [0.717, 1.165) is 32.1 Å². The van der Waals surface area contributed by atoms with Crippen LogP contribution < -0.4 is 5.32 Å². The van der Waals surface area contributed by atoms with Gasteiger partial charge >= 0.3 is 0 Å². The van der Waals surface area contributed by atoms with Crippen molar-refractivity contribution in [1.82, 2.24) is 10.2 Å². The van der Waals surface area contributed by atoms with Crippen LogP contribution in [-0.4, -0.2) is 34.8 Å². The Morgan fingerprint density at radius 3 is 2.56 bits per heavy atom. The molecule has 1 heterocycles. The predicted octanol–water partition coefficient (Wildman–Crippen LogP) is 1.69. The summed E-state index contributed by atoms with van der Waals surface area (Å²) in [6, 6.07) is -0.318. The van der Waals surface area contributed by atoms with Crippen LogP contribution >= 0.6 is 0 Å². The standard InChI is InChI=1S/C14H24N2O2/c1-4-5-6-9-16-10(2)12(17)15-14(3,13(16)18)11-7-8-11/h10-11H,4-9H2,1-3H3,(H,15,17). The van der Waals surface area contributed by atoms with Crippen molar-refractivity contribution >= 4 is 11.8 Å². The lowest BCUT2D eigenvalue weighted by Gasteiger charge is -2.43. The summed E-state index contributed by atoms with van der Waals surface area (Å²) in [6.45, 7) is 6.57. The molecule has 1 aliphatic carbocycles. The predicted molar refractivity (Wildman–Crippen MR) is 70.0 cm³/mol. The fraction of sp³-hybridized carbons (Fsp3) is 0.857. The minimum Gasteiger partial charge on any atom is -0.340 e. The summed E-state index contributed by atoms with van der Waals surface area (Å²) < 4.78 is 0. The van der Waals surface area contributed by atoms with E-state index in [1.165, 1.54) is 0 Å². The Bertz CT molecular complexity index is 352. The maximum Gasteiger partial charge on any atom is 0.248 e. The van der Waals surface area contributed by atoms with Gasteiger partial charge in [0, 0.05) is 6.54 Å². The molecule has 4 heteroatoms. The maximum atomic E-state index is 12.6. The van der Waals surface area contributed by atoms with E-state index >= 15 is 0 Å². The fourth-order valence-corrected chi connectivity index (χ4v) is 2.79. The molecule has 0 aromatic heterocycles. The van der Waals surface area contributed by atoms with Crippen molar-refractivity contribution in [3.63, 3.8) is 0 Å². The number of amides is 2. The van der Waals surface area contributed by atoms with Crippen molar-refractivity contribution in [2.24, 2.45) is 5.92 Å². The Hall–Kier alpha value is -1.06. The number of nitrogens with one attached hydrogen (secondary N) is 1. The summed E-state index contributed by atoms with van der Waals surface area (Å²) in [5, 5.41) is 2.94. The molecule has 0 aromatic carbocycles. The third-order valence-electron chi connectivity index (χ3n) is 4.33. The third kappa shape index (κ3) is 2.25. The van der Waals surface area contributed by atoms with Gasteiger partial charge < -0.3 is 10.2 Å². The number of hydrogen-bond donors (Lipinski definition) is 1. The molecule has 1 N–H and O–H groups in total. The Kier molecular flexibility index (Phi) is 3.64. The summed E-state index contributed by atoms with van der Waals surface area (Å²) in [4.78, 5) is 26.4. The highest BCUT2D eigenvalue weighted by Crippen LogP contribution is 2.42. The number of carbonyl (C=O) groups is 2. The van der Waals surface area contributed by atoms with Crippen LogP contribution in [-0.2, 0) is 9.59 Å². The molecule has 2 fully saturated rings. The van der Waals surface area contributed by atoms with Gasteiger partial charge in [0.2, 0.25) is 11.8 Å².